The fourth-order valence-corrected chi connectivity index (χ4v) is 8.12. The van der Waals surface area contributed by atoms with Crippen molar-refractivity contribution in [3.05, 3.63) is 0 Å². The summed E-state index contributed by atoms with van der Waals surface area (Å²) in [6.45, 7) is 23.9. The van der Waals surface area contributed by atoms with E-state index in [2.05, 4.69) is 55.4 Å². The van der Waals surface area contributed by atoms with Gasteiger partial charge in [-0.2, -0.15) is 0 Å². The lowest BCUT2D eigenvalue weighted by molar-refractivity contribution is -0.987. The van der Waals surface area contributed by atoms with Gasteiger partial charge in [0.25, 0.3) is 0 Å². The van der Waals surface area contributed by atoms with Crippen LogP contribution in [0.5, 0.6) is 0 Å². The van der Waals surface area contributed by atoms with Crippen LogP contribution in [0.2, 0.25) is 0 Å². The highest BCUT2D eigenvalue weighted by molar-refractivity contribution is 5.01. The summed E-state index contributed by atoms with van der Waals surface area (Å²) < 4.78 is 1.49. The Morgan fingerprint density at radius 3 is 0.946 bits per heavy atom. The van der Waals surface area contributed by atoms with E-state index >= 15 is 0 Å². The van der Waals surface area contributed by atoms with Crippen molar-refractivity contribution in [1.82, 2.24) is 0 Å². The molecule has 37 heavy (non-hydrogen) atoms. The molecule has 0 aromatic rings. The van der Waals surface area contributed by atoms with Crippen molar-refractivity contribution in [3.8, 4) is 0 Å². The molecule has 0 aromatic heterocycles. The first-order valence-electron chi connectivity index (χ1n) is 17.8. The molecule has 0 aromatic carbocycles. The third-order valence-corrected chi connectivity index (χ3v) is 10.1. The molecule has 0 saturated carbocycles. The first-order valence-corrected chi connectivity index (χ1v) is 17.8. The second kappa shape index (κ2) is 22.7. The summed E-state index contributed by atoms with van der Waals surface area (Å²) in [5.74, 6) is 0. The van der Waals surface area contributed by atoms with E-state index in [1.807, 2.05) is 0 Å². The van der Waals surface area contributed by atoms with Crippen molar-refractivity contribution in [3.63, 3.8) is 0 Å². The fourth-order valence-electron chi connectivity index (χ4n) is 8.12. The third kappa shape index (κ3) is 11.5. The summed E-state index contributed by atoms with van der Waals surface area (Å²) in [6, 6.07) is 0. The molecule has 0 atom stereocenters. The second-order valence-corrected chi connectivity index (χ2v) is 12.9. The minimum Gasteiger partial charge on any atom is -0.318 e. The Labute approximate surface area is 237 Å². The van der Waals surface area contributed by atoms with E-state index < -0.39 is 0 Å². The second-order valence-electron chi connectivity index (χ2n) is 12.9. The summed E-state index contributed by atoms with van der Waals surface area (Å²) in [7, 11) is 0. The van der Waals surface area contributed by atoms with Crippen LogP contribution in [0.4, 0.5) is 0 Å². The maximum Gasteiger partial charge on any atom is 0.105 e. The Hall–Kier alpha value is -0.0400. The lowest BCUT2D eigenvalue weighted by atomic mass is 9.56. The van der Waals surface area contributed by atoms with Crippen LogP contribution in [-0.4, -0.2) is 29.7 Å². The Kier molecular flexibility index (Phi) is 22.7. The highest BCUT2D eigenvalue weighted by Crippen LogP contribution is 2.57. The van der Waals surface area contributed by atoms with Gasteiger partial charge in [-0.25, -0.2) is 0 Å². The lowest BCUT2D eigenvalue weighted by Crippen LogP contribution is -2.72. The zero-order valence-corrected chi connectivity index (χ0v) is 27.8. The van der Waals surface area contributed by atoms with Gasteiger partial charge in [0.1, 0.15) is 5.54 Å². The smallest absolute Gasteiger partial charge is 0.105 e. The van der Waals surface area contributed by atoms with Crippen LogP contribution in [0, 0.1) is 5.41 Å². The number of hydrogen-bond acceptors (Lipinski definition) is 0. The predicted molar refractivity (Wildman–Crippen MR) is 172 cm³/mol. The Bertz CT molecular complexity index is 439. The first-order chi connectivity index (χ1) is 18.0. The molecule has 0 N–H and O–H groups in total. The summed E-state index contributed by atoms with van der Waals surface area (Å²) >= 11 is 0. The molecule has 224 valence electrons. The molecule has 0 aliphatic rings. The van der Waals surface area contributed by atoms with Crippen LogP contribution in [0.1, 0.15) is 203 Å². The van der Waals surface area contributed by atoms with Gasteiger partial charge in [0.15, 0.2) is 0 Å². The minimum absolute atomic E-state index is 0.467. The maximum absolute atomic E-state index is 2.51. The van der Waals surface area contributed by atoms with Crippen molar-refractivity contribution in [2.75, 3.05) is 19.6 Å². The van der Waals surface area contributed by atoms with E-state index in [-0.39, 0.29) is 0 Å². The van der Waals surface area contributed by atoms with Crippen LogP contribution in [0.3, 0.4) is 0 Å². The average Bonchev–Trinajstić information content (AvgIpc) is 2.90. The van der Waals surface area contributed by atoms with Crippen molar-refractivity contribution in [2.45, 2.75) is 209 Å². The van der Waals surface area contributed by atoms with Gasteiger partial charge in [0, 0.05) is 18.3 Å². The molecule has 0 aliphatic carbocycles. The zero-order chi connectivity index (χ0) is 27.9. The van der Waals surface area contributed by atoms with Gasteiger partial charge < -0.3 is 4.48 Å². The summed E-state index contributed by atoms with van der Waals surface area (Å²) in [5.41, 5.74) is 0.983. The predicted octanol–water partition coefficient (Wildman–Crippen LogP) is 12.7. The van der Waals surface area contributed by atoms with E-state index in [1.54, 1.807) is 0 Å². The number of rotatable bonds is 28. The van der Waals surface area contributed by atoms with Crippen LogP contribution in [0.15, 0.2) is 0 Å². The Morgan fingerprint density at radius 2 is 0.649 bits per heavy atom. The van der Waals surface area contributed by atoms with Crippen molar-refractivity contribution < 1.29 is 4.48 Å². The van der Waals surface area contributed by atoms with Crippen LogP contribution >= 0.6 is 0 Å². The Morgan fingerprint density at radius 1 is 0.324 bits per heavy atom. The molecular formula is C36H76N+. The van der Waals surface area contributed by atoms with Gasteiger partial charge >= 0.3 is 0 Å². The molecule has 0 aliphatic heterocycles. The molecular weight excluding hydrogens is 446 g/mol. The third-order valence-electron chi connectivity index (χ3n) is 10.1. The SMILES string of the molecule is CCCCC[N+](CCCCC)(CCCCC)C(CCCC)(CCCC)C(CCC)(CCCC)CCCC. The van der Waals surface area contributed by atoms with Crippen molar-refractivity contribution in [1.29, 1.82) is 0 Å². The van der Waals surface area contributed by atoms with Crippen LogP contribution in [-0.2, 0) is 0 Å². The quantitative estimate of drug-likeness (QED) is 0.0707. The molecule has 0 amide bonds. The largest absolute Gasteiger partial charge is 0.318 e. The lowest BCUT2D eigenvalue weighted by Gasteiger charge is -2.63. The maximum atomic E-state index is 2.51. The van der Waals surface area contributed by atoms with E-state index in [9.17, 15) is 0 Å². The van der Waals surface area contributed by atoms with Crippen LogP contribution < -0.4 is 0 Å². The molecule has 0 fully saturated rings. The van der Waals surface area contributed by atoms with E-state index in [0.717, 1.165) is 0 Å². The first kappa shape index (κ1) is 37.0. The monoisotopic (exact) mass is 523 g/mol. The summed E-state index contributed by atoms with van der Waals surface area (Å²) in [5, 5.41) is 0. The molecule has 0 bridgehead atoms. The van der Waals surface area contributed by atoms with Gasteiger partial charge in [-0.1, -0.05) is 120 Å². The van der Waals surface area contributed by atoms with E-state index in [1.165, 1.54) is 172 Å². The Balaban J connectivity index is 7.30. The molecule has 0 radical (unpaired) electrons. The van der Waals surface area contributed by atoms with Crippen molar-refractivity contribution in [2.24, 2.45) is 5.41 Å². The standard InChI is InChI=1S/C36H76N/c1-9-17-24-32-37(33-25-18-10-2,34-26-19-11-3)36(30-22-14-6,31-23-15-7)35(27-16-8,28-20-12-4)29-21-13-5/h9-34H2,1-8H3/q+1. The summed E-state index contributed by atoms with van der Waals surface area (Å²) in [4.78, 5) is 0. The fraction of sp³-hybridized carbons (Fsp3) is 1.00. The van der Waals surface area contributed by atoms with E-state index in [0.29, 0.717) is 11.0 Å². The molecule has 1 heteroatoms. The van der Waals surface area contributed by atoms with Gasteiger partial charge in [0.05, 0.1) is 19.6 Å². The normalized spacial score (nSPS) is 13.0. The highest BCUT2D eigenvalue weighted by Gasteiger charge is 2.60. The molecule has 0 rings (SSSR count). The topological polar surface area (TPSA) is 0 Å². The van der Waals surface area contributed by atoms with Gasteiger partial charge in [-0.05, 0) is 70.6 Å². The van der Waals surface area contributed by atoms with Crippen molar-refractivity contribution >= 4 is 0 Å². The number of hydrogen-bond donors (Lipinski definition) is 0. The number of nitrogens with zero attached hydrogens (tertiary/aromatic N) is 1. The van der Waals surface area contributed by atoms with E-state index in [4.69, 9.17) is 0 Å². The zero-order valence-electron chi connectivity index (χ0n) is 27.8. The van der Waals surface area contributed by atoms with Crippen LogP contribution in [0.25, 0.3) is 0 Å². The minimum atomic E-state index is 0.467. The number of unbranched alkanes of at least 4 members (excludes halogenated alkanes) is 10. The van der Waals surface area contributed by atoms with Gasteiger partial charge in [0.2, 0.25) is 0 Å². The summed E-state index contributed by atoms with van der Waals surface area (Å²) in [6.07, 6.45) is 32.6. The number of quaternary nitrogens is 1. The molecule has 0 heterocycles. The molecule has 0 unspecified atom stereocenters. The highest BCUT2D eigenvalue weighted by atomic mass is 15.4. The average molecular weight is 523 g/mol. The molecule has 0 saturated heterocycles. The molecule has 1 nitrogen and oxygen atoms in total. The molecule has 0 spiro atoms. The van der Waals surface area contributed by atoms with Gasteiger partial charge in [-0.15, -0.1) is 0 Å². The van der Waals surface area contributed by atoms with Gasteiger partial charge in [-0.3, -0.25) is 0 Å².